The monoisotopic (exact) mass is 266 g/mol. The van der Waals surface area contributed by atoms with Crippen molar-refractivity contribution in [2.24, 2.45) is 17.8 Å². The van der Waals surface area contributed by atoms with Crippen molar-refractivity contribution >= 4 is 11.8 Å². The number of nitrogens with zero attached hydrogens (tertiary/aromatic N) is 1. The molecule has 1 heterocycles. The highest BCUT2D eigenvalue weighted by Gasteiger charge is 2.37. The third kappa shape index (κ3) is 3.71. The quantitative estimate of drug-likeness (QED) is 0.825. The van der Waals surface area contributed by atoms with Crippen molar-refractivity contribution in [3.05, 3.63) is 0 Å². The maximum atomic E-state index is 12.2. The van der Waals surface area contributed by atoms with E-state index in [-0.39, 0.29) is 23.8 Å². The van der Waals surface area contributed by atoms with Gasteiger partial charge in [0, 0.05) is 25.6 Å². The molecule has 1 aliphatic heterocycles. The van der Waals surface area contributed by atoms with Gasteiger partial charge in [-0.15, -0.1) is 0 Å². The van der Waals surface area contributed by atoms with Gasteiger partial charge < -0.3 is 10.2 Å². The molecule has 0 radical (unpaired) electrons. The third-order valence-electron chi connectivity index (χ3n) is 4.22. The molecule has 4 heteroatoms. The molecule has 2 fully saturated rings. The van der Waals surface area contributed by atoms with Gasteiger partial charge in [0.2, 0.25) is 11.8 Å². The Balaban J connectivity index is 1.92. The highest BCUT2D eigenvalue weighted by molar-refractivity contribution is 5.84. The first-order valence-corrected chi connectivity index (χ1v) is 7.56. The normalized spacial score (nSPS) is 27.8. The summed E-state index contributed by atoms with van der Waals surface area (Å²) in [5, 5.41) is 3.06. The van der Waals surface area contributed by atoms with Gasteiger partial charge >= 0.3 is 0 Å². The smallest absolute Gasteiger partial charge is 0.225 e. The molecule has 1 saturated carbocycles. The lowest BCUT2D eigenvalue weighted by Gasteiger charge is -2.39. The molecule has 2 atom stereocenters. The second-order valence-corrected chi connectivity index (χ2v) is 6.51. The van der Waals surface area contributed by atoms with Crippen molar-refractivity contribution in [3.63, 3.8) is 0 Å². The van der Waals surface area contributed by atoms with E-state index in [1.165, 1.54) is 12.8 Å². The van der Waals surface area contributed by atoms with E-state index in [4.69, 9.17) is 0 Å². The Hall–Kier alpha value is -1.06. The van der Waals surface area contributed by atoms with Gasteiger partial charge in [0.25, 0.3) is 0 Å². The molecular formula is C15H26N2O2. The number of amides is 2. The largest absolute Gasteiger partial charge is 0.356 e. The van der Waals surface area contributed by atoms with Gasteiger partial charge in [-0.1, -0.05) is 13.8 Å². The molecule has 1 N–H and O–H groups in total. The summed E-state index contributed by atoms with van der Waals surface area (Å²) in [4.78, 5) is 26.1. The molecule has 0 aromatic rings. The molecule has 108 valence electrons. The Kier molecular flexibility index (Phi) is 4.48. The summed E-state index contributed by atoms with van der Waals surface area (Å²) in [7, 11) is 0. The van der Waals surface area contributed by atoms with Crippen molar-refractivity contribution in [3.8, 4) is 0 Å². The minimum atomic E-state index is -0.0322. The zero-order valence-corrected chi connectivity index (χ0v) is 12.3. The summed E-state index contributed by atoms with van der Waals surface area (Å²) in [5.74, 6) is 1.46. The predicted molar refractivity (Wildman–Crippen MR) is 74.5 cm³/mol. The van der Waals surface area contributed by atoms with Crippen molar-refractivity contribution in [1.82, 2.24) is 10.2 Å². The number of hydrogen-bond acceptors (Lipinski definition) is 2. The molecule has 0 spiro atoms. The number of likely N-dealkylation sites (tertiary alicyclic amines) is 1. The van der Waals surface area contributed by atoms with Gasteiger partial charge in [0.05, 0.1) is 5.92 Å². The Morgan fingerprint density at radius 1 is 1.37 bits per heavy atom. The van der Waals surface area contributed by atoms with Crippen LogP contribution in [-0.4, -0.2) is 35.8 Å². The van der Waals surface area contributed by atoms with Gasteiger partial charge in [-0.25, -0.2) is 0 Å². The topological polar surface area (TPSA) is 49.4 Å². The van der Waals surface area contributed by atoms with E-state index in [9.17, 15) is 9.59 Å². The van der Waals surface area contributed by atoms with Gasteiger partial charge in [-0.2, -0.15) is 0 Å². The number of hydrogen-bond donors (Lipinski definition) is 1. The molecule has 0 bridgehead atoms. The van der Waals surface area contributed by atoms with Crippen molar-refractivity contribution in [2.75, 3.05) is 13.1 Å². The van der Waals surface area contributed by atoms with E-state index in [2.05, 4.69) is 19.2 Å². The average Bonchev–Trinajstić information content (AvgIpc) is 3.15. The SMILES string of the molecule is CC(C)CN1C(=O)CC[C@@H](C(=O)NCC2CC2)[C@H]1C. The van der Waals surface area contributed by atoms with E-state index in [0.717, 1.165) is 13.1 Å². The second-order valence-electron chi connectivity index (χ2n) is 6.51. The summed E-state index contributed by atoms with van der Waals surface area (Å²) in [6.07, 6.45) is 3.71. The number of nitrogens with one attached hydrogen (secondary N) is 1. The van der Waals surface area contributed by atoms with E-state index >= 15 is 0 Å². The maximum Gasteiger partial charge on any atom is 0.225 e. The van der Waals surface area contributed by atoms with Crippen LogP contribution in [0.1, 0.15) is 46.5 Å². The van der Waals surface area contributed by atoms with Crippen LogP contribution >= 0.6 is 0 Å². The fourth-order valence-electron chi connectivity index (χ4n) is 2.82. The molecule has 2 aliphatic rings. The molecular weight excluding hydrogens is 240 g/mol. The second kappa shape index (κ2) is 5.93. The van der Waals surface area contributed by atoms with Gasteiger partial charge in [0.15, 0.2) is 0 Å². The van der Waals surface area contributed by atoms with E-state index < -0.39 is 0 Å². The molecule has 4 nitrogen and oxygen atoms in total. The van der Waals surface area contributed by atoms with Crippen LogP contribution in [0.5, 0.6) is 0 Å². The van der Waals surface area contributed by atoms with Crippen LogP contribution in [0.15, 0.2) is 0 Å². The van der Waals surface area contributed by atoms with Crippen LogP contribution in [-0.2, 0) is 9.59 Å². The molecule has 1 saturated heterocycles. The molecule has 0 aromatic carbocycles. The lowest BCUT2D eigenvalue weighted by molar-refractivity contribution is -0.143. The van der Waals surface area contributed by atoms with Crippen LogP contribution in [0, 0.1) is 17.8 Å². The van der Waals surface area contributed by atoms with Crippen LogP contribution in [0.3, 0.4) is 0 Å². The molecule has 0 unspecified atom stereocenters. The maximum absolute atomic E-state index is 12.2. The Labute approximate surface area is 115 Å². The zero-order chi connectivity index (χ0) is 14.0. The lowest BCUT2D eigenvalue weighted by Crippen LogP contribution is -2.52. The fourth-order valence-corrected chi connectivity index (χ4v) is 2.82. The lowest BCUT2D eigenvalue weighted by atomic mass is 9.88. The molecule has 0 aromatic heterocycles. The van der Waals surface area contributed by atoms with E-state index in [1.807, 2.05) is 11.8 Å². The Morgan fingerprint density at radius 2 is 2.05 bits per heavy atom. The van der Waals surface area contributed by atoms with Gasteiger partial charge in [0.1, 0.15) is 0 Å². The molecule has 1 aliphatic carbocycles. The number of carbonyl (C=O) groups excluding carboxylic acids is 2. The standard InChI is InChI=1S/C15H26N2O2/c1-10(2)9-17-11(3)13(6-7-14(17)18)15(19)16-8-12-4-5-12/h10-13H,4-9H2,1-3H3,(H,16,19)/t11-,13-/m1/s1. The van der Waals surface area contributed by atoms with Crippen molar-refractivity contribution in [1.29, 1.82) is 0 Å². The summed E-state index contributed by atoms with van der Waals surface area (Å²) in [5.41, 5.74) is 0. The van der Waals surface area contributed by atoms with Crippen LogP contribution < -0.4 is 5.32 Å². The minimum absolute atomic E-state index is 0.0304. The van der Waals surface area contributed by atoms with Crippen molar-refractivity contribution in [2.45, 2.75) is 52.5 Å². The Morgan fingerprint density at radius 3 is 2.63 bits per heavy atom. The summed E-state index contributed by atoms with van der Waals surface area (Å²) >= 11 is 0. The molecule has 2 rings (SSSR count). The number of piperidine rings is 1. The number of carbonyl (C=O) groups is 2. The van der Waals surface area contributed by atoms with Crippen molar-refractivity contribution < 1.29 is 9.59 Å². The first-order valence-electron chi connectivity index (χ1n) is 7.56. The van der Waals surface area contributed by atoms with Gasteiger partial charge in [-0.3, -0.25) is 9.59 Å². The minimum Gasteiger partial charge on any atom is -0.356 e. The first kappa shape index (κ1) is 14.4. The third-order valence-corrected chi connectivity index (χ3v) is 4.22. The van der Waals surface area contributed by atoms with Crippen LogP contribution in [0.4, 0.5) is 0 Å². The average molecular weight is 266 g/mol. The molecule has 2 amide bonds. The van der Waals surface area contributed by atoms with E-state index in [0.29, 0.717) is 24.7 Å². The summed E-state index contributed by atoms with van der Waals surface area (Å²) in [6.45, 7) is 7.81. The zero-order valence-electron chi connectivity index (χ0n) is 12.3. The number of rotatable bonds is 5. The van der Waals surface area contributed by atoms with Crippen LogP contribution in [0.25, 0.3) is 0 Å². The van der Waals surface area contributed by atoms with E-state index in [1.54, 1.807) is 0 Å². The van der Waals surface area contributed by atoms with Crippen LogP contribution in [0.2, 0.25) is 0 Å². The van der Waals surface area contributed by atoms with Gasteiger partial charge in [-0.05, 0) is 38.0 Å². The fraction of sp³-hybridized carbons (Fsp3) is 0.867. The highest BCUT2D eigenvalue weighted by atomic mass is 16.2. The first-order chi connectivity index (χ1) is 8.99. The summed E-state index contributed by atoms with van der Waals surface area (Å²) in [6, 6.07) is 0.0304. The Bertz CT molecular complexity index is 350. The molecule has 19 heavy (non-hydrogen) atoms. The summed E-state index contributed by atoms with van der Waals surface area (Å²) < 4.78 is 0. The predicted octanol–water partition coefficient (Wildman–Crippen LogP) is 1.80. The highest BCUT2D eigenvalue weighted by Crippen LogP contribution is 2.29.